The topological polar surface area (TPSA) is 90.8 Å². The second-order valence-corrected chi connectivity index (χ2v) is 8.82. The summed E-state index contributed by atoms with van der Waals surface area (Å²) in [5.74, 6) is -2.55. The zero-order chi connectivity index (χ0) is 22.8. The molecule has 166 valence electrons. The van der Waals surface area contributed by atoms with Gasteiger partial charge in [0, 0.05) is 54.3 Å². The highest BCUT2D eigenvalue weighted by molar-refractivity contribution is 7.16. The van der Waals surface area contributed by atoms with E-state index in [4.69, 9.17) is 9.90 Å². The number of nitrogens with zero attached hydrogens (tertiary/aromatic N) is 3. The lowest BCUT2D eigenvalue weighted by atomic mass is 9.86. The van der Waals surface area contributed by atoms with Gasteiger partial charge in [-0.3, -0.25) is 14.6 Å². The fraction of sp³-hybridized carbons (Fsp3) is 0.400. The van der Waals surface area contributed by atoms with Crippen LogP contribution >= 0.6 is 11.3 Å². The highest BCUT2D eigenvalue weighted by Crippen LogP contribution is 2.43. The van der Waals surface area contributed by atoms with Gasteiger partial charge in [0.2, 0.25) is 5.91 Å². The maximum absolute atomic E-state index is 12.6. The first-order valence-electron chi connectivity index (χ1n) is 9.37. The van der Waals surface area contributed by atoms with Crippen LogP contribution in [0.15, 0.2) is 36.7 Å². The molecule has 0 bridgehead atoms. The minimum absolute atomic E-state index is 0.0344. The molecule has 2 saturated heterocycles. The van der Waals surface area contributed by atoms with Gasteiger partial charge >= 0.3 is 12.1 Å². The standard InChI is InChI=1S/C18H19N3O2S.C2HF3O2/c1-13-2-3-16(24-13)21-12-18(10-15(21)22)6-9-20(11-18)17(23)14-4-7-19-8-5-14;3-2(4,5)1(6)7/h2-5,7-8H,6,9-12H2,1H3;(H,6,7). The molecular weight excluding hydrogens is 435 g/mol. The number of halogens is 3. The Kier molecular flexibility index (Phi) is 6.35. The van der Waals surface area contributed by atoms with Crippen molar-refractivity contribution in [3.8, 4) is 0 Å². The van der Waals surface area contributed by atoms with E-state index in [0.717, 1.165) is 11.4 Å². The number of hydrogen-bond donors (Lipinski definition) is 1. The molecule has 4 rings (SSSR count). The Morgan fingerprint density at radius 1 is 1.16 bits per heavy atom. The molecule has 2 fully saturated rings. The van der Waals surface area contributed by atoms with Gasteiger partial charge in [0.1, 0.15) is 0 Å². The second kappa shape index (κ2) is 8.66. The van der Waals surface area contributed by atoms with Crippen LogP contribution in [0.25, 0.3) is 0 Å². The van der Waals surface area contributed by atoms with Gasteiger partial charge in [-0.25, -0.2) is 4.79 Å². The van der Waals surface area contributed by atoms with Crippen LogP contribution in [0.3, 0.4) is 0 Å². The van der Waals surface area contributed by atoms with E-state index in [1.54, 1.807) is 35.9 Å². The normalized spacial score (nSPS) is 20.7. The lowest BCUT2D eigenvalue weighted by Crippen LogP contribution is -2.34. The van der Waals surface area contributed by atoms with Crippen LogP contribution < -0.4 is 4.90 Å². The third kappa shape index (κ3) is 5.22. The molecule has 7 nitrogen and oxygen atoms in total. The molecular formula is C20H20F3N3O4S. The number of likely N-dealkylation sites (tertiary alicyclic amines) is 1. The summed E-state index contributed by atoms with van der Waals surface area (Å²) in [6.45, 7) is 4.13. The Balaban J connectivity index is 0.000000339. The van der Waals surface area contributed by atoms with Crippen molar-refractivity contribution in [2.75, 3.05) is 24.5 Å². The smallest absolute Gasteiger partial charge is 0.475 e. The summed E-state index contributed by atoms with van der Waals surface area (Å²) in [4.78, 5) is 43.0. The molecule has 11 heteroatoms. The molecule has 1 N–H and O–H groups in total. The SMILES string of the molecule is Cc1ccc(N2CC3(CCN(C(=O)c4ccncc4)C3)CC2=O)s1.O=C(O)C(F)(F)F. The minimum atomic E-state index is -5.08. The zero-order valence-corrected chi connectivity index (χ0v) is 17.4. The van der Waals surface area contributed by atoms with Gasteiger partial charge in [-0.15, -0.1) is 11.3 Å². The summed E-state index contributed by atoms with van der Waals surface area (Å²) < 4.78 is 31.7. The van der Waals surface area contributed by atoms with Crippen LogP contribution in [-0.4, -0.2) is 58.6 Å². The number of carboxylic acid groups (broad SMARTS) is 1. The molecule has 0 saturated carbocycles. The zero-order valence-electron chi connectivity index (χ0n) is 16.6. The molecule has 1 unspecified atom stereocenters. The molecule has 2 amide bonds. The summed E-state index contributed by atoms with van der Waals surface area (Å²) in [5, 5.41) is 8.15. The number of carboxylic acids is 1. The van der Waals surface area contributed by atoms with Crippen LogP contribution in [0, 0.1) is 12.3 Å². The Hall–Kier alpha value is -2.95. The van der Waals surface area contributed by atoms with Gasteiger partial charge in [0.25, 0.3) is 5.91 Å². The van der Waals surface area contributed by atoms with Crippen molar-refractivity contribution in [3.63, 3.8) is 0 Å². The van der Waals surface area contributed by atoms with Crippen LogP contribution in [0.5, 0.6) is 0 Å². The predicted molar refractivity (Wildman–Crippen MR) is 107 cm³/mol. The van der Waals surface area contributed by atoms with E-state index >= 15 is 0 Å². The molecule has 2 aliphatic heterocycles. The highest BCUT2D eigenvalue weighted by atomic mass is 32.1. The molecule has 2 aliphatic rings. The third-order valence-corrected chi connectivity index (χ3v) is 6.23. The van der Waals surface area contributed by atoms with E-state index in [0.29, 0.717) is 31.6 Å². The monoisotopic (exact) mass is 455 g/mol. The van der Waals surface area contributed by atoms with Crippen LogP contribution in [-0.2, 0) is 9.59 Å². The van der Waals surface area contributed by atoms with Gasteiger partial charge in [-0.1, -0.05) is 0 Å². The minimum Gasteiger partial charge on any atom is -0.475 e. The summed E-state index contributed by atoms with van der Waals surface area (Å²) in [5.41, 5.74) is 0.564. The molecule has 2 aromatic rings. The Bertz CT molecular complexity index is 980. The first-order chi connectivity index (χ1) is 14.5. The van der Waals surface area contributed by atoms with Crippen molar-refractivity contribution in [2.24, 2.45) is 5.41 Å². The number of aromatic nitrogens is 1. The van der Waals surface area contributed by atoms with Crippen molar-refractivity contribution in [1.29, 1.82) is 0 Å². The number of hydrogen-bond acceptors (Lipinski definition) is 5. The van der Waals surface area contributed by atoms with Crippen molar-refractivity contribution in [3.05, 3.63) is 47.1 Å². The number of alkyl halides is 3. The van der Waals surface area contributed by atoms with Crippen molar-refractivity contribution in [1.82, 2.24) is 9.88 Å². The van der Waals surface area contributed by atoms with Crippen molar-refractivity contribution < 1.29 is 32.7 Å². The summed E-state index contributed by atoms with van der Waals surface area (Å²) in [6, 6.07) is 7.56. The third-order valence-electron chi connectivity index (χ3n) is 5.21. The van der Waals surface area contributed by atoms with Gasteiger partial charge in [-0.05, 0) is 37.6 Å². The number of pyridine rings is 1. The molecule has 2 aromatic heterocycles. The summed E-state index contributed by atoms with van der Waals surface area (Å²) >= 11 is 1.65. The highest BCUT2D eigenvalue weighted by Gasteiger charge is 2.49. The molecule has 0 aromatic carbocycles. The maximum atomic E-state index is 12.6. The van der Waals surface area contributed by atoms with Crippen LogP contribution in [0.2, 0.25) is 0 Å². The Morgan fingerprint density at radius 2 is 1.81 bits per heavy atom. The quantitative estimate of drug-likeness (QED) is 0.750. The van der Waals surface area contributed by atoms with E-state index in [1.165, 1.54) is 4.88 Å². The first kappa shape index (κ1) is 22.7. The number of rotatable bonds is 2. The molecule has 0 radical (unpaired) electrons. The number of thiophene rings is 1. The van der Waals surface area contributed by atoms with E-state index in [2.05, 4.69) is 11.9 Å². The van der Waals surface area contributed by atoms with E-state index in [1.807, 2.05) is 21.9 Å². The fourth-order valence-corrected chi connectivity index (χ4v) is 4.60. The Labute approximate surface area is 180 Å². The lowest BCUT2D eigenvalue weighted by molar-refractivity contribution is -0.192. The molecule has 0 aliphatic carbocycles. The average Bonchev–Trinajstić information content (AvgIpc) is 3.41. The van der Waals surface area contributed by atoms with E-state index < -0.39 is 12.1 Å². The van der Waals surface area contributed by atoms with E-state index in [9.17, 15) is 22.8 Å². The number of aryl methyl sites for hydroxylation is 1. The largest absolute Gasteiger partial charge is 0.490 e. The van der Waals surface area contributed by atoms with Crippen LogP contribution in [0.1, 0.15) is 28.1 Å². The van der Waals surface area contributed by atoms with Gasteiger partial charge in [0.05, 0.1) is 5.00 Å². The van der Waals surface area contributed by atoms with Gasteiger partial charge in [0.15, 0.2) is 0 Å². The van der Waals surface area contributed by atoms with Crippen molar-refractivity contribution in [2.45, 2.75) is 25.9 Å². The summed E-state index contributed by atoms with van der Waals surface area (Å²) in [6.07, 6.45) is -0.390. The second-order valence-electron chi connectivity index (χ2n) is 7.56. The number of carbonyl (C=O) groups is 3. The molecule has 1 atom stereocenters. The first-order valence-corrected chi connectivity index (χ1v) is 10.2. The number of amides is 2. The maximum Gasteiger partial charge on any atom is 0.490 e. The Morgan fingerprint density at radius 3 is 2.35 bits per heavy atom. The fourth-order valence-electron chi connectivity index (χ4n) is 3.72. The number of carbonyl (C=O) groups excluding carboxylic acids is 2. The van der Waals surface area contributed by atoms with Crippen molar-refractivity contribution >= 4 is 34.1 Å². The van der Waals surface area contributed by atoms with E-state index in [-0.39, 0.29) is 17.2 Å². The van der Waals surface area contributed by atoms with Gasteiger partial charge < -0.3 is 14.9 Å². The molecule has 4 heterocycles. The summed E-state index contributed by atoms with van der Waals surface area (Å²) in [7, 11) is 0. The van der Waals surface area contributed by atoms with Gasteiger partial charge in [-0.2, -0.15) is 13.2 Å². The lowest BCUT2D eigenvalue weighted by Gasteiger charge is -2.23. The average molecular weight is 455 g/mol. The predicted octanol–water partition coefficient (Wildman–Crippen LogP) is 3.35. The molecule has 31 heavy (non-hydrogen) atoms. The van der Waals surface area contributed by atoms with Crippen LogP contribution in [0.4, 0.5) is 18.2 Å². The number of aliphatic carboxylic acids is 1. The number of anilines is 1. The molecule has 1 spiro atoms.